The standard InChI is InChI=1S/C60H40N4O2/c1-60(2)45-26-12-9-21-37(45)39-33-34-47-53(54(39)60)41-22-10-13-27-46(41)64(47)48-28-15-25-43-52-44(59-62-57(35-17-5-3-6-18-35)61-58(63-59)36-19-7-4-8-20-36)32-31-40(56(52)66-55(43)48)38-24-16-30-50-51(38)42-23-11-14-29-49(42)65-50/h3-34,57H,1-2H3,(H,61,62,63). The maximum Gasteiger partial charge on any atom is 0.159 e. The molecular weight excluding hydrogens is 809 g/mol. The molecule has 0 amide bonds. The Balaban J connectivity index is 1.07. The Hall–Kier alpha value is -8.48. The number of nitrogens with zero attached hydrogens (tertiary/aromatic N) is 3. The molecular formula is C60H40N4O2. The molecule has 1 aliphatic heterocycles. The molecule has 1 N–H and O–H groups in total. The summed E-state index contributed by atoms with van der Waals surface area (Å²) in [6.45, 7) is 4.74. The third-order valence-electron chi connectivity index (χ3n) is 14.1. The molecule has 0 bridgehead atoms. The summed E-state index contributed by atoms with van der Waals surface area (Å²) in [5, 5.41) is 10.4. The van der Waals surface area contributed by atoms with Crippen molar-refractivity contribution in [3.8, 4) is 27.9 Å². The van der Waals surface area contributed by atoms with Crippen molar-refractivity contribution in [1.29, 1.82) is 0 Å². The molecule has 0 fully saturated rings. The summed E-state index contributed by atoms with van der Waals surface area (Å²) in [7, 11) is 0. The molecule has 3 aromatic heterocycles. The Morgan fingerprint density at radius 3 is 2.05 bits per heavy atom. The van der Waals surface area contributed by atoms with Gasteiger partial charge in [0, 0.05) is 54.4 Å². The van der Waals surface area contributed by atoms with E-state index in [0.29, 0.717) is 5.84 Å². The number of aromatic nitrogens is 1. The molecule has 0 saturated carbocycles. The Bertz CT molecular complexity index is 4050. The average Bonchev–Trinajstić information content (AvgIpc) is 4.11. The van der Waals surface area contributed by atoms with Crippen LogP contribution in [0.15, 0.2) is 213 Å². The van der Waals surface area contributed by atoms with E-state index in [2.05, 4.69) is 181 Å². The van der Waals surface area contributed by atoms with Crippen molar-refractivity contribution in [3.05, 3.63) is 222 Å². The van der Waals surface area contributed by atoms with Gasteiger partial charge in [-0.05, 0) is 75.8 Å². The van der Waals surface area contributed by atoms with Crippen LogP contribution in [0.5, 0.6) is 0 Å². The monoisotopic (exact) mass is 848 g/mol. The molecule has 0 radical (unpaired) electrons. The van der Waals surface area contributed by atoms with E-state index in [-0.39, 0.29) is 11.6 Å². The minimum atomic E-state index is -0.363. The first-order valence-corrected chi connectivity index (χ1v) is 22.6. The van der Waals surface area contributed by atoms with Crippen LogP contribution in [0.3, 0.4) is 0 Å². The van der Waals surface area contributed by atoms with Gasteiger partial charge in [0.1, 0.15) is 28.8 Å². The zero-order valence-electron chi connectivity index (χ0n) is 36.2. The van der Waals surface area contributed by atoms with Crippen molar-refractivity contribution < 1.29 is 8.83 Å². The van der Waals surface area contributed by atoms with Crippen LogP contribution in [0.25, 0.3) is 93.6 Å². The molecule has 14 rings (SSSR count). The van der Waals surface area contributed by atoms with Gasteiger partial charge in [-0.15, -0.1) is 0 Å². The SMILES string of the molecule is CC1(C)c2ccccc2-c2ccc3c(c21)c1ccccc1n3-c1cccc2c1oc1c(-c3cccc4oc5ccccc5c34)ccc(C3=NC(c4ccccc4)=NC(c4ccccc4)N3)c12. The van der Waals surface area contributed by atoms with E-state index in [9.17, 15) is 0 Å². The average molecular weight is 849 g/mol. The molecule has 0 spiro atoms. The minimum Gasteiger partial charge on any atom is -0.456 e. The maximum atomic E-state index is 7.50. The van der Waals surface area contributed by atoms with Crippen LogP contribution in [0, 0.1) is 0 Å². The van der Waals surface area contributed by atoms with Crippen molar-refractivity contribution >= 4 is 77.4 Å². The van der Waals surface area contributed by atoms with Crippen LogP contribution in [0.2, 0.25) is 0 Å². The van der Waals surface area contributed by atoms with Gasteiger partial charge >= 0.3 is 0 Å². The van der Waals surface area contributed by atoms with Crippen LogP contribution in [-0.2, 0) is 5.41 Å². The van der Waals surface area contributed by atoms with Gasteiger partial charge in [0.2, 0.25) is 0 Å². The molecule has 2 aliphatic rings. The molecule has 1 unspecified atom stereocenters. The van der Waals surface area contributed by atoms with Gasteiger partial charge in [-0.3, -0.25) is 0 Å². The van der Waals surface area contributed by atoms with Crippen LogP contribution >= 0.6 is 0 Å². The number of nitrogens with one attached hydrogen (secondary N) is 1. The zero-order valence-corrected chi connectivity index (χ0v) is 36.2. The Kier molecular flexibility index (Phi) is 7.70. The van der Waals surface area contributed by atoms with Crippen molar-refractivity contribution in [2.45, 2.75) is 25.4 Å². The van der Waals surface area contributed by atoms with Crippen molar-refractivity contribution in [1.82, 2.24) is 9.88 Å². The first-order chi connectivity index (χ1) is 32.5. The van der Waals surface area contributed by atoms with E-state index < -0.39 is 0 Å². The number of rotatable bonds is 5. The largest absolute Gasteiger partial charge is 0.456 e. The molecule has 1 aliphatic carbocycles. The van der Waals surface area contributed by atoms with E-state index in [1.807, 2.05) is 36.4 Å². The highest BCUT2D eigenvalue weighted by molar-refractivity contribution is 6.26. The molecule has 0 saturated heterocycles. The minimum absolute atomic E-state index is 0.193. The summed E-state index contributed by atoms with van der Waals surface area (Å²) in [5.41, 5.74) is 16.6. The zero-order chi connectivity index (χ0) is 43.7. The van der Waals surface area contributed by atoms with E-state index >= 15 is 0 Å². The van der Waals surface area contributed by atoms with Crippen LogP contribution in [0.4, 0.5) is 0 Å². The first-order valence-electron chi connectivity index (χ1n) is 22.6. The third-order valence-corrected chi connectivity index (χ3v) is 14.1. The second-order valence-corrected chi connectivity index (χ2v) is 18.0. The topological polar surface area (TPSA) is 68.0 Å². The second kappa shape index (κ2) is 13.8. The predicted molar refractivity (Wildman–Crippen MR) is 270 cm³/mol. The quantitative estimate of drug-likeness (QED) is 0.188. The van der Waals surface area contributed by atoms with E-state index in [4.69, 9.17) is 18.8 Å². The molecule has 66 heavy (non-hydrogen) atoms. The fourth-order valence-electron chi connectivity index (χ4n) is 11.2. The fraction of sp³-hybridized carbons (Fsp3) is 0.0667. The van der Waals surface area contributed by atoms with Crippen molar-refractivity contribution in [2.75, 3.05) is 0 Å². The van der Waals surface area contributed by atoms with Gasteiger partial charge in [-0.1, -0.05) is 166 Å². The van der Waals surface area contributed by atoms with Gasteiger partial charge in [-0.2, -0.15) is 0 Å². The van der Waals surface area contributed by atoms with Gasteiger partial charge in [0.25, 0.3) is 0 Å². The normalized spacial score (nSPS) is 15.4. The molecule has 1 atom stereocenters. The molecule has 6 nitrogen and oxygen atoms in total. The van der Waals surface area contributed by atoms with E-state index in [1.54, 1.807) is 0 Å². The van der Waals surface area contributed by atoms with Crippen molar-refractivity contribution in [3.63, 3.8) is 0 Å². The highest BCUT2D eigenvalue weighted by Gasteiger charge is 2.38. The van der Waals surface area contributed by atoms with E-state index in [1.165, 1.54) is 33.0 Å². The Labute approximate surface area is 379 Å². The molecule has 312 valence electrons. The number of amidine groups is 2. The molecule has 9 aromatic carbocycles. The lowest BCUT2D eigenvalue weighted by Gasteiger charge is -2.24. The predicted octanol–water partition coefficient (Wildman–Crippen LogP) is 15.1. The van der Waals surface area contributed by atoms with Crippen LogP contribution in [-0.4, -0.2) is 16.2 Å². The van der Waals surface area contributed by atoms with Crippen molar-refractivity contribution in [2.24, 2.45) is 9.98 Å². The molecule has 4 heterocycles. The maximum absolute atomic E-state index is 7.50. The number of aliphatic imine (C=N–C) groups is 2. The summed E-state index contributed by atoms with van der Waals surface area (Å²) < 4.78 is 16.4. The van der Waals surface area contributed by atoms with Gasteiger partial charge < -0.3 is 18.7 Å². The summed E-state index contributed by atoms with van der Waals surface area (Å²) in [5.74, 6) is 1.39. The smallest absolute Gasteiger partial charge is 0.159 e. The third kappa shape index (κ3) is 5.18. The lowest BCUT2D eigenvalue weighted by atomic mass is 9.80. The van der Waals surface area contributed by atoms with Gasteiger partial charge in [0.15, 0.2) is 11.4 Å². The second-order valence-electron chi connectivity index (χ2n) is 18.0. The Morgan fingerprint density at radius 1 is 0.485 bits per heavy atom. The number of fused-ring (bicyclic) bond motifs is 13. The van der Waals surface area contributed by atoms with Crippen LogP contribution < -0.4 is 5.32 Å². The molecule has 12 aromatic rings. The summed E-state index contributed by atoms with van der Waals surface area (Å²) in [4.78, 5) is 10.5. The fourth-order valence-corrected chi connectivity index (χ4v) is 11.2. The Morgan fingerprint density at radius 2 is 1.17 bits per heavy atom. The number of benzene rings is 9. The van der Waals surface area contributed by atoms with E-state index in [0.717, 1.165) is 94.3 Å². The highest BCUT2D eigenvalue weighted by atomic mass is 16.3. The number of hydrogen-bond donors (Lipinski definition) is 1. The number of hydrogen-bond acceptors (Lipinski definition) is 5. The lowest BCUT2D eigenvalue weighted by molar-refractivity contribution is 0.666. The summed E-state index contributed by atoms with van der Waals surface area (Å²) in [6, 6.07) is 68.5. The summed E-state index contributed by atoms with van der Waals surface area (Å²) >= 11 is 0. The summed E-state index contributed by atoms with van der Waals surface area (Å²) in [6.07, 6.45) is -0.363. The molecule has 6 heteroatoms. The van der Waals surface area contributed by atoms with Gasteiger partial charge in [-0.25, -0.2) is 9.98 Å². The van der Waals surface area contributed by atoms with Gasteiger partial charge in [0.05, 0.1) is 16.7 Å². The van der Waals surface area contributed by atoms with Crippen LogP contribution in [0.1, 0.15) is 47.8 Å². The number of para-hydroxylation sites is 3. The lowest BCUT2D eigenvalue weighted by Crippen LogP contribution is -2.33. The highest BCUT2D eigenvalue weighted by Crippen LogP contribution is 2.54. The first kappa shape index (κ1) is 36.9. The number of furan rings is 2.